The van der Waals surface area contributed by atoms with Gasteiger partial charge in [-0.3, -0.25) is 0 Å². The van der Waals surface area contributed by atoms with E-state index in [1.54, 1.807) is 14.2 Å². The van der Waals surface area contributed by atoms with E-state index >= 15 is 0 Å². The highest BCUT2D eigenvalue weighted by Gasteiger charge is 2.54. The van der Waals surface area contributed by atoms with Gasteiger partial charge in [0.1, 0.15) is 0 Å². The molecule has 14 heavy (non-hydrogen) atoms. The van der Waals surface area contributed by atoms with Crippen molar-refractivity contribution in [2.75, 3.05) is 14.2 Å². The van der Waals surface area contributed by atoms with Gasteiger partial charge in [0.25, 0.3) is 0 Å². The molecular formula is C10H22O3Si. The Morgan fingerprint density at radius 2 is 1.57 bits per heavy atom. The molecule has 1 saturated heterocycles. The second-order valence-electron chi connectivity index (χ2n) is 5.09. The van der Waals surface area contributed by atoms with Crippen molar-refractivity contribution in [1.82, 2.24) is 0 Å². The zero-order valence-electron chi connectivity index (χ0n) is 10.1. The molecule has 0 radical (unpaired) electrons. The predicted molar refractivity (Wildman–Crippen MR) is 58.1 cm³/mol. The Balaban J connectivity index is 2.86. The Kier molecular flexibility index (Phi) is 3.12. The monoisotopic (exact) mass is 218 g/mol. The molecule has 1 aliphatic rings. The molecule has 0 atom stereocenters. The zero-order valence-corrected chi connectivity index (χ0v) is 11.1. The molecule has 3 nitrogen and oxygen atoms in total. The van der Waals surface area contributed by atoms with Crippen LogP contribution in [0.5, 0.6) is 0 Å². The van der Waals surface area contributed by atoms with E-state index in [0.29, 0.717) is 0 Å². The minimum atomic E-state index is -2.35. The molecule has 0 aromatic rings. The summed E-state index contributed by atoms with van der Waals surface area (Å²) in [5, 5.41) is 0. The Hall–Kier alpha value is 0.0969. The van der Waals surface area contributed by atoms with Crippen LogP contribution in [0, 0.1) is 5.41 Å². The minimum absolute atomic E-state index is 0.177. The smallest absolute Gasteiger partial charge is 0.377 e. The highest BCUT2D eigenvalue weighted by atomic mass is 28.4. The molecule has 0 unspecified atom stereocenters. The molecule has 0 aromatic heterocycles. The Morgan fingerprint density at radius 1 is 1.07 bits per heavy atom. The van der Waals surface area contributed by atoms with Crippen molar-refractivity contribution >= 4 is 8.80 Å². The standard InChI is InChI=1S/C10H22O3Si/c1-9(2)7-8-14(11-5,12-6)13-10(9,3)4/h7-8H2,1-6H3. The van der Waals surface area contributed by atoms with Gasteiger partial charge in [-0.15, -0.1) is 0 Å². The molecule has 1 aliphatic heterocycles. The maximum absolute atomic E-state index is 6.07. The van der Waals surface area contributed by atoms with Crippen LogP contribution in [0.1, 0.15) is 34.1 Å². The summed E-state index contributed by atoms with van der Waals surface area (Å²) in [5.74, 6) is 0. The van der Waals surface area contributed by atoms with Crippen LogP contribution in [0.15, 0.2) is 0 Å². The normalized spacial score (nSPS) is 28.7. The molecule has 0 amide bonds. The molecule has 1 rings (SSSR count). The van der Waals surface area contributed by atoms with Gasteiger partial charge in [-0.25, -0.2) is 0 Å². The third-order valence-corrected chi connectivity index (χ3v) is 6.65. The molecule has 0 bridgehead atoms. The van der Waals surface area contributed by atoms with Crippen molar-refractivity contribution in [3.8, 4) is 0 Å². The van der Waals surface area contributed by atoms with Gasteiger partial charge < -0.3 is 13.3 Å². The van der Waals surface area contributed by atoms with Gasteiger partial charge in [0.05, 0.1) is 5.60 Å². The van der Waals surface area contributed by atoms with Crippen molar-refractivity contribution < 1.29 is 13.3 Å². The average molecular weight is 218 g/mol. The fourth-order valence-electron chi connectivity index (χ4n) is 1.72. The van der Waals surface area contributed by atoms with Crippen molar-refractivity contribution in [1.29, 1.82) is 0 Å². The summed E-state index contributed by atoms with van der Waals surface area (Å²) >= 11 is 0. The van der Waals surface area contributed by atoms with Crippen LogP contribution in [0.3, 0.4) is 0 Å². The maximum Gasteiger partial charge on any atom is 0.500 e. The van der Waals surface area contributed by atoms with Crippen LogP contribution in [-0.4, -0.2) is 28.6 Å². The van der Waals surface area contributed by atoms with E-state index in [9.17, 15) is 0 Å². The molecule has 0 N–H and O–H groups in total. The van der Waals surface area contributed by atoms with E-state index in [0.717, 1.165) is 12.5 Å². The van der Waals surface area contributed by atoms with E-state index in [1.807, 2.05) is 0 Å². The minimum Gasteiger partial charge on any atom is -0.377 e. The van der Waals surface area contributed by atoms with Crippen LogP contribution in [0.25, 0.3) is 0 Å². The van der Waals surface area contributed by atoms with Crippen LogP contribution < -0.4 is 0 Å². The van der Waals surface area contributed by atoms with Crippen LogP contribution in [0.4, 0.5) is 0 Å². The van der Waals surface area contributed by atoms with E-state index in [2.05, 4.69) is 27.7 Å². The van der Waals surface area contributed by atoms with Gasteiger partial charge in [0, 0.05) is 20.3 Å². The topological polar surface area (TPSA) is 27.7 Å². The number of hydrogen-bond acceptors (Lipinski definition) is 3. The van der Waals surface area contributed by atoms with Crippen molar-refractivity contribution in [3.63, 3.8) is 0 Å². The second-order valence-corrected chi connectivity index (χ2v) is 7.97. The van der Waals surface area contributed by atoms with Crippen molar-refractivity contribution in [3.05, 3.63) is 0 Å². The summed E-state index contributed by atoms with van der Waals surface area (Å²) in [6.45, 7) is 8.70. The molecule has 0 spiro atoms. The molecule has 1 heterocycles. The lowest BCUT2D eigenvalue weighted by atomic mass is 9.75. The first-order chi connectivity index (χ1) is 6.29. The van der Waals surface area contributed by atoms with E-state index < -0.39 is 8.80 Å². The van der Waals surface area contributed by atoms with Crippen molar-refractivity contribution in [2.45, 2.75) is 45.8 Å². The fourth-order valence-corrected chi connectivity index (χ4v) is 4.54. The predicted octanol–water partition coefficient (Wildman–Crippen LogP) is 2.44. The first kappa shape index (κ1) is 12.2. The summed E-state index contributed by atoms with van der Waals surface area (Å²) in [6.07, 6.45) is 1.09. The molecule has 0 aliphatic carbocycles. The summed E-state index contributed by atoms with van der Waals surface area (Å²) in [4.78, 5) is 0. The summed E-state index contributed by atoms with van der Waals surface area (Å²) in [6, 6.07) is 0.913. The van der Waals surface area contributed by atoms with Crippen LogP contribution >= 0.6 is 0 Å². The number of hydrogen-bond donors (Lipinski definition) is 0. The Bertz CT molecular complexity index is 209. The molecular weight excluding hydrogens is 196 g/mol. The molecule has 0 saturated carbocycles. The third-order valence-electron chi connectivity index (χ3n) is 3.72. The number of rotatable bonds is 2. The molecule has 1 fully saturated rings. The van der Waals surface area contributed by atoms with Gasteiger partial charge in [0.15, 0.2) is 0 Å². The highest BCUT2D eigenvalue weighted by molar-refractivity contribution is 6.60. The lowest BCUT2D eigenvalue weighted by Crippen LogP contribution is -2.59. The fraction of sp³-hybridized carbons (Fsp3) is 1.00. The molecule has 4 heteroatoms. The van der Waals surface area contributed by atoms with E-state index in [1.165, 1.54) is 0 Å². The first-order valence-corrected chi connectivity index (χ1v) is 7.02. The lowest BCUT2D eigenvalue weighted by molar-refractivity contribution is -0.0915. The van der Waals surface area contributed by atoms with Gasteiger partial charge in [-0.1, -0.05) is 13.8 Å². The lowest BCUT2D eigenvalue weighted by Gasteiger charge is -2.50. The second kappa shape index (κ2) is 3.59. The third kappa shape index (κ3) is 1.89. The molecule has 84 valence electrons. The largest absolute Gasteiger partial charge is 0.500 e. The quantitative estimate of drug-likeness (QED) is 0.666. The maximum atomic E-state index is 6.07. The van der Waals surface area contributed by atoms with E-state index in [4.69, 9.17) is 13.3 Å². The van der Waals surface area contributed by atoms with Gasteiger partial charge >= 0.3 is 8.80 Å². The Morgan fingerprint density at radius 3 is 1.93 bits per heavy atom. The Labute approximate surface area is 88.1 Å². The van der Waals surface area contributed by atoms with Crippen LogP contribution in [0.2, 0.25) is 6.04 Å². The van der Waals surface area contributed by atoms with Gasteiger partial charge in [-0.2, -0.15) is 0 Å². The van der Waals surface area contributed by atoms with Crippen molar-refractivity contribution in [2.24, 2.45) is 5.41 Å². The van der Waals surface area contributed by atoms with Gasteiger partial charge in [0.2, 0.25) is 0 Å². The first-order valence-electron chi connectivity index (χ1n) is 5.09. The zero-order chi connectivity index (χ0) is 11.0. The van der Waals surface area contributed by atoms with Crippen LogP contribution in [-0.2, 0) is 13.3 Å². The summed E-state index contributed by atoms with van der Waals surface area (Å²) in [5.41, 5.74) is 0.00402. The summed E-state index contributed by atoms with van der Waals surface area (Å²) in [7, 11) is 1.01. The summed E-state index contributed by atoms with van der Waals surface area (Å²) < 4.78 is 17.0. The van der Waals surface area contributed by atoms with E-state index in [-0.39, 0.29) is 11.0 Å². The highest BCUT2D eigenvalue weighted by Crippen LogP contribution is 2.46. The van der Waals surface area contributed by atoms with Gasteiger partial charge in [-0.05, 0) is 25.7 Å². The molecule has 0 aromatic carbocycles. The average Bonchev–Trinajstić information content (AvgIpc) is 2.10. The SMILES string of the molecule is CO[Si]1(OC)CCC(C)(C)C(C)(C)O1.